The van der Waals surface area contributed by atoms with Crippen molar-refractivity contribution < 1.29 is 0 Å². The van der Waals surface area contributed by atoms with Crippen molar-refractivity contribution in [3.05, 3.63) is 65.2 Å². The van der Waals surface area contributed by atoms with E-state index in [9.17, 15) is 0 Å². The molecule has 0 fully saturated rings. The lowest BCUT2D eigenvalue weighted by atomic mass is 10.0. The molecule has 0 aliphatic heterocycles. The third kappa shape index (κ3) is 2.58. The molecular formula is C14H15NS. The highest BCUT2D eigenvalue weighted by Gasteiger charge is 2.02. The van der Waals surface area contributed by atoms with Crippen LogP contribution in [-0.2, 0) is 6.42 Å². The molecular weight excluding hydrogens is 214 g/mol. The molecule has 0 unspecified atom stereocenters. The smallest absolute Gasteiger partial charge is 0.0476 e. The Kier molecular flexibility index (Phi) is 3.52. The lowest BCUT2D eigenvalue weighted by molar-refractivity contribution is 1.19. The van der Waals surface area contributed by atoms with Gasteiger partial charge in [0.05, 0.1) is 0 Å². The van der Waals surface area contributed by atoms with Crippen LogP contribution in [0.3, 0.4) is 0 Å². The number of hydrogen-bond acceptors (Lipinski definition) is 2. The summed E-state index contributed by atoms with van der Waals surface area (Å²) in [5, 5.41) is 0. The van der Waals surface area contributed by atoms with E-state index in [1.165, 1.54) is 16.7 Å². The molecule has 0 aromatic heterocycles. The molecule has 0 saturated heterocycles. The highest BCUT2D eigenvalue weighted by Crippen LogP contribution is 2.21. The average molecular weight is 229 g/mol. The fourth-order valence-electron chi connectivity index (χ4n) is 1.76. The highest BCUT2D eigenvalue weighted by atomic mass is 32.1. The number of anilines is 1. The van der Waals surface area contributed by atoms with E-state index >= 15 is 0 Å². The predicted octanol–water partition coefficient (Wildman–Crippen LogP) is 3.84. The first-order valence-corrected chi connectivity index (χ1v) is 5.78. The fourth-order valence-corrected chi connectivity index (χ4v) is 1.97. The fraction of sp³-hybridized carbons (Fsp3) is 0.143. The molecule has 1 nitrogen and oxygen atoms in total. The van der Waals surface area contributed by atoms with Crippen LogP contribution in [0.2, 0.25) is 0 Å². The Bertz CT molecular complexity index is 465. The molecule has 0 spiro atoms. The quantitative estimate of drug-likeness (QED) is 0.762. The van der Waals surface area contributed by atoms with Gasteiger partial charge < -0.3 is 4.72 Å². The summed E-state index contributed by atoms with van der Waals surface area (Å²) in [6.45, 7) is 2.08. The first kappa shape index (κ1) is 11.1. The zero-order valence-corrected chi connectivity index (χ0v) is 10.2. The SMILES string of the molecule is Cc1ccc(Cc2ccccc2)c(NS)c1. The van der Waals surface area contributed by atoms with Crippen molar-refractivity contribution in [2.75, 3.05) is 4.72 Å². The van der Waals surface area contributed by atoms with Gasteiger partial charge in [-0.25, -0.2) is 0 Å². The van der Waals surface area contributed by atoms with Gasteiger partial charge in [-0.2, -0.15) is 0 Å². The van der Waals surface area contributed by atoms with Crippen LogP contribution in [0.1, 0.15) is 16.7 Å². The molecule has 0 bridgehead atoms. The van der Waals surface area contributed by atoms with Crippen LogP contribution in [-0.4, -0.2) is 0 Å². The molecule has 1 N–H and O–H groups in total. The maximum absolute atomic E-state index is 4.14. The number of hydrogen-bond donors (Lipinski definition) is 2. The summed E-state index contributed by atoms with van der Waals surface area (Å²) in [6, 6.07) is 16.9. The monoisotopic (exact) mass is 229 g/mol. The van der Waals surface area contributed by atoms with Crippen molar-refractivity contribution >= 4 is 18.5 Å². The second-order valence-electron chi connectivity index (χ2n) is 3.93. The number of benzene rings is 2. The summed E-state index contributed by atoms with van der Waals surface area (Å²) in [5.74, 6) is 0. The van der Waals surface area contributed by atoms with Gasteiger partial charge in [0.15, 0.2) is 0 Å². The number of nitrogens with one attached hydrogen (secondary N) is 1. The molecule has 2 heteroatoms. The van der Waals surface area contributed by atoms with Gasteiger partial charge in [0.1, 0.15) is 0 Å². The predicted molar refractivity (Wildman–Crippen MR) is 73.0 cm³/mol. The van der Waals surface area contributed by atoms with E-state index in [2.05, 4.69) is 66.9 Å². The third-order valence-electron chi connectivity index (χ3n) is 2.62. The molecule has 2 aromatic rings. The van der Waals surface area contributed by atoms with E-state index in [4.69, 9.17) is 0 Å². The maximum atomic E-state index is 4.14. The van der Waals surface area contributed by atoms with Crippen molar-refractivity contribution in [1.29, 1.82) is 0 Å². The van der Waals surface area contributed by atoms with Gasteiger partial charge in [-0.1, -0.05) is 55.3 Å². The normalized spacial score (nSPS) is 10.1. The molecule has 0 saturated carbocycles. The van der Waals surface area contributed by atoms with Crippen molar-refractivity contribution in [2.24, 2.45) is 0 Å². The van der Waals surface area contributed by atoms with Gasteiger partial charge >= 0.3 is 0 Å². The summed E-state index contributed by atoms with van der Waals surface area (Å²) >= 11 is 4.14. The molecule has 2 rings (SSSR count). The molecule has 16 heavy (non-hydrogen) atoms. The molecule has 0 aliphatic rings. The highest BCUT2D eigenvalue weighted by molar-refractivity contribution is 7.81. The lowest BCUT2D eigenvalue weighted by Gasteiger charge is -2.09. The van der Waals surface area contributed by atoms with Crippen LogP contribution in [0.15, 0.2) is 48.5 Å². The zero-order valence-electron chi connectivity index (χ0n) is 9.27. The van der Waals surface area contributed by atoms with Crippen molar-refractivity contribution in [1.82, 2.24) is 0 Å². The Labute approximate surface area is 102 Å². The second kappa shape index (κ2) is 5.08. The van der Waals surface area contributed by atoms with E-state index in [1.54, 1.807) is 0 Å². The van der Waals surface area contributed by atoms with E-state index in [-0.39, 0.29) is 0 Å². The number of rotatable bonds is 3. The largest absolute Gasteiger partial charge is 0.332 e. The Morgan fingerprint density at radius 1 is 1.06 bits per heavy atom. The summed E-state index contributed by atoms with van der Waals surface area (Å²) in [4.78, 5) is 0. The Balaban J connectivity index is 2.28. The van der Waals surface area contributed by atoms with Crippen LogP contribution >= 0.6 is 12.8 Å². The van der Waals surface area contributed by atoms with Crippen LogP contribution in [0.25, 0.3) is 0 Å². The Morgan fingerprint density at radius 2 is 1.81 bits per heavy atom. The summed E-state index contributed by atoms with van der Waals surface area (Å²) < 4.78 is 2.95. The summed E-state index contributed by atoms with van der Waals surface area (Å²) in [6.07, 6.45) is 0.935. The van der Waals surface area contributed by atoms with Gasteiger partial charge in [0.25, 0.3) is 0 Å². The molecule has 0 radical (unpaired) electrons. The van der Waals surface area contributed by atoms with Gasteiger partial charge in [-0.15, -0.1) is 0 Å². The lowest BCUT2D eigenvalue weighted by Crippen LogP contribution is -1.94. The van der Waals surface area contributed by atoms with Crippen molar-refractivity contribution in [2.45, 2.75) is 13.3 Å². The van der Waals surface area contributed by atoms with Crippen LogP contribution in [0, 0.1) is 6.92 Å². The molecule has 0 amide bonds. The average Bonchev–Trinajstić information content (AvgIpc) is 2.33. The summed E-state index contributed by atoms with van der Waals surface area (Å²) in [7, 11) is 0. The van der Waals surface area contributed by atoms with Gasteiger partial charge in [-0.3, -0.25) is 0 Å². The molecule has 0 aliphatic carbocycles. The molecule has 82 valence electrons. The minimum Gasteiger partial charge on any atom is -0.332 e. The van der Waals surface area contributed by atoms with Crippen molar-refractivity contribution in [3.63, 3.8) is 0 Å². The van der Waals surface area contributed by atoms with Crippen LogP contribution in [0.4, 0.5) is 5.69 Å². The first-order chi connectivity index (χ1) is 7.79. The van der Waals surface area contributed by atoms with E-state index in [1.807, 2.05) is 6.07 Å². The van der Waals surface area contributed by atoms with Crippen molar-refractivity contribution in [3.8, 4) is 0 Å². The van der Waals surface area contributed by atoms with E-state index in [0.717, 1.165) is 12.1 Å². The zero-order chi connectivity index (χ0) is 11.4. The number of aryl methyl sites for hydroxylation is 1. The molecule has 2 aromatic carbocycles. The minimum absolute atomic E-state index is 0.935. The van der Waals surface area contributed by atoms with Gasteiger partial charge in [0, 0.05) is 5.69 Å². The molecule has 0 heterocycles. The topological polar surface area (TPSA) is 12.0 Å². The number of thiol groups is 1. The van der Waals surface area contributed by atoms with E-state index in [0.29, 0.717) is 0 Å². The Hall–Kier alpha value is -1.41. The molecule has 0 atom stereocenters. The minimum atomic E-state index is 0.935. The standard InChI is InChI=1S/C14H15NS/c1-11-7-8-13(14(9-11)15-16)10-12-5-3-2-4-6-12/h2-9,15-16H,10H2,1H3. The van der Waals surface area contributed by atoms with Gasteiger partial charge in [-0.05, 0) is 36.1 Å². The first-order valence-electron chi connectivity index (χ1n) is 5.33. The maximum Gasteiger partial charge on any atom is 0.0476 e. The Morgan fingerprint density at radius 3 is 2.50 bits per heavy atom. The van der Waals surface area contributed by atoms with E-state index < -0.39 is 0 Å². The third-order valence-corrected chi connectivity index (χ3v) is 2.86. The van der Waals surface area contributed by atoms with Crippen LogP contribution in [0.5, 0.6) is 0 Å². The van der Waals surface area contributed by atoms with Gasteiger partial charge in [0.2, 0.25) is 0 Å². The second-order valence-corrected chi connectivity index (χ2v) is 4.16. The summed E-state index contributed by atoms with van der Waals surface area (Å²) in [5.41, 5.74) is 4.92. The van der Waals surface area contributed by atoms with Crippen LogP contribution < -0.4 is 4.72 Å².